The molecule has 22 N–H and O–H groups in total. The lowest BCUT2D eigenvalue weighted by molar-refractivity contribution is -0.723. The summed E-state index contributed by atoms with van der Waals surface area (Å²) in [6.45, 7) is 29.8. The van der Waals surface area contributed by atoms with E-state index in [4.69, 9.17) is 52.9 Å². The van der Waals surface area contributed by atoms with Crippen LogP contribution in [0, 0.1) is 21.2 Å². The maximum absolute atomic E-state index is 12.3. The summed E-state index contributed by atoms with van der Waals surface area (Å²) in [6.07, 6.45) is 24.2. The zero-order valence-corrected chi connectivity index (χ0v) is 95.8. The highest BCUT2D eigenvalue weighted by atomic mass is 32.1. The molecule has 8 aliphatic heterocycles. The number of aromatic amines is 4. The highest BCUT2D eigenvalue weighted by molar-refractivity contribution is 7.74. The maximum atomic E-state index is 12.3. The molecule has 8 aliphatic rings. The Labute approximate surface area is 876 Å². The largest absolute Gasteiger partial charge is 0.448 e. The first kappa shape index (κ1) is 129. The van der Waals surface area contributed by atoms with Crippen LogP contribution in [0.25, 0.3) is 0 Å². The van der Waals surface area contributed by atoms with Gasteiger partial charge in [-0.3, -0.25) is 69.6 Å². The average Bonchev–Trinajstić information content (AvgIpc) is 1.64. The van der Waals surface area contributed by atoms with E-state index in [1.165, 1.54) is 26.2 Å². The Bertz CT molecular complexity index is 5670. The van der Waals surface area contributed by atoms with Crippen LogP contribution in [0.4, 0.5) is 0 Å². The van der Waals surface area contributed by atoms with Crippen LogP contribution in [0.3, 0.4) is 0 Å². The number of carbonyl (C=O) groups is 4. The molecule has 6 fully saturated rings. The molecular weight excluding hydrogens is 2070 g/mol. The highest BCUT2D eigenvalue weighted by Crippen LogP contribution is 2.47. The summed E-state index contributed by atoms with van der Waals surface area (Å²) >= 11 is 10.1. The molecule has 26 atom stereocenters. The van der Waals surface area contributed by atoms with Crippen molar-refractivity contribution in [3.63, 3.8) is 0 Å². The average molecular weight is 2240 g/mol. The first-order chi connectivity index (χ1) is 68.7. The summed E-state index contributed by atoms with van der Waals surface area (Å²) in [5.74, 6) is -3.47. The molecular formula is C97H168N15O28P6S2+. The van der Waals surface area contributed by atoms with Gasteiger partial charge < -0.3 is 109 Å². The van der Waals surface area contributed by atoms with E-state index in [-0.39, 0.29) is 34.8 Å². The second-order valence-electron chi connectivity index (χ2n) is 43.4. The maximum Gasteiger partial charge on any atom is 0.448 e. The van der Waals surface area contributed by atoms with Crippen molar-refractivity contribution in [2.75, 3.05) is 156 Å². The highest BCUT2D eigenvalue weighted by Gasteiger charge is 2.53. The molecule has 51 heteroatoms. The van der Waals surface area contributed by atoms with Gasteiger partial charge in [0.15, 0.2) is 4.77 Å². The fourth-order valence-corrected chi connectivity index (χ4v) is 23.3. The lowest BCUT2D eigenvalue weighted by Gasteiger charge is -2.26. The molecule has 12 heterocycles. The van der Waals surface area contributed by atoms with E-state index in [1.54, 1.807) is 43.2 Å². The van der Waals surface area contributed by atoms with Crippen LogP contribution in [0.2, 0.25) is 0 Å². The van der Waals surface area contributed by atoms with E-state index in [0.29, 0.717) is 73.1 Å². The Morgan fingerprint density at radius 2 is 0.709 bits per heavy atom. The molecule has 2 unspecified atom stereocenters. The Morgan fingerprint density at radius 1 is 0.378 bits per heavy atom. The number of ether oxygens (including phenoxy) is 6. The molecule has 4 amide bonds. The number of imide groups is 2. The molecule has 0 aliphatic carbocycles. The van der Waals surface area contributed by atoms with Gasteiger partial charge in [-0.25, -0.2) is 19.2 Å². The fraction of sp³-hybridized carbons (Fsp3) is 0.701. The van der Waals surface area contributed by atoms with Crippen LogP contribution < -0.4 is 70.3 Å². The van der Waals surface area contributed by atoms with Crippen LogP contribution in [-0.4, -0.2) is 439 Å². The molecule has 4 aromatic rings. The van der Waals surface area contributed by atoms with Crippen molar-refractivity contribution in [2.24, 2.45) is 25.9 Å². The zero-order valence-electron chi connectivity index (χ0n) is 88.8. The third-order valence-corrected chi connectivity index (χ3v) is 35.4. The second-order valence-corrected chi connectivity index (χ2v) is 70.1. The predicted octanol–water partition coefficient (Wildman–Crippen LogP) is -0.791. The number of aliphatic hydroxyl groups is 12. The Hall–Kier alpha value is -5.83. The topological polar surface area (TPSA) is 628 Å². The van der Waals surface area contributed by atoms with Gasteiger partial charge in [-0.05, 0) is 220 Å². The summed E-state index contributed by atoms with van der Waals surface area (Å²) in [6, 6.07) is 0. The number of nitrogens with one attached hydrogen (secondary N) is 10. The minimum absolute atomic E-state index is 0.139. The Morgan fingerprint density at radius 3 is 1.09 bits per heavy atom. The van der Waals surface area contributed by atoms with Gasteiger partial charge in [-0.2, -0.15) is 14.1 Å². The van der Waals surface area contributed by atoms with Crippen molar-refractivity contribution in [3.05, 3.63) is 137 Å². The van der Waals surface area contributed by atoms with Crippen LogP contribution in [0.5, 0.6) is 0 Å². The van der Waals surface area contributed by atoms with Gasteiger partial charge in [-0.15, -0.1) is 79.1 Å². The summed E-state index contributed by atoms with van der Waals surface area (Å²) in [4.78, 5) is 130. The summed E-state index contributed by atoms with van der Waals surface area (Å²) in [7, 11) is 3.29. The van der Waals surface area contributed by atoms with E-state index >= 15 is 0 Å². The number of carbonyl (C=O) groups excluding carboxylic acids is 4. The standard InChI is InChI=1S/2C18H31N2O5P.C17H30N3O5P.C16H29N4O5P.2C14H23N2O4PS/c2*1-5-7-19-10-11-9-12(18(24)20-17(11)23)16-15(22)14(21)13(25-16)6-8-26(2,3)4;1-5-7-18-10-20-9-11(16(23)19-17(20)24)15-14(22)13(21)12(25-15)6-8-26(2,3)4;1-5-7-17-9-19-10-20(16(24)18-15(19)23)14-13(22)12(21)11(25-14)6-8-26(2,3)4;1-16-7-8(13(22)15-14(16)19)12-11(18)10(17)9(20-12)5-6-21(2,3)4;1-16-7-8(13(19)15-14(16)22)12-11(18)10(17)9(20-12)5-6-21(2,3)4/h2*9,12-16,19,21-22H,2,5-8,10H2,1,3-4H3,(H,20,23,24);9,12-15,18,21-22H,2,5-8,10H2,1,3-4H3,(H,19,23,24);10-14,17,21-22H,2,5-9H2,1,3-4H3;2*7,9-12,17-18H,2,5-6H2,1,3-4H3,(H,15,19,22)/p+1/t2*12?,13-,14-,15-,16+;12-,13-,14-,15+;11-,12-,13-,14-;2*9-,10-,11-,12+/m111111/s1. The lowest BCUT2D eigenvalue weighted by Crippen LogP contribution is -2.60. The molecule has 12 rings (SSSR count). The van der Waals surface area contributed by atoms with E-state index in [0.717, 1.165) is 93.4 Å². The van der Waals surface area contributed by atoms with Crippen molar-refractivity contribution in [2.45, 2.75) is 252 Å². The number of nitrogens with zero attached hydrogens (tertiary/aromatic N) is 5. The number of aliphatic hydroxyl groups excluding tert-OH is 12. The van der Waals surface area contributed by atoms with Crippen molar-refractivity contribution >= 4 is 127 Å². The van der Waals surface area contributed by atoms with E-state index in [9.17, 15) is 109 Å². The summed E-state index contributed by atoms with van der Waals surface area (Å²) < 4.78 is 42.0. The molecule has 0 saturated carbocycles. The van der Waals surface area contributed by atoms with Crippen molar-refractivity contribution in [1.29, 1.82) is 0 Å². The van der Waals surface area contributed by atoms with Crippen LogP contribution in [0.15, 0.2) is 77.0 Å². The predicted molar refractivity (Wildman–Crippen MR) is 597 cm³/mol. The van der Waals surface area contributed by atoms with E-state index in [1.807, 2.05) is 27.7 Å². The van der Waals surface area contributed by atoms with Gasteiger partial charge in [0.1, 0.15) is 115 Å². The van der Waals surface area contributed by atoms with Crippen LogP contribution in [0.1, 0.15) is 133 Å². The number of amides is 4. The Balaban J connectivity index is 0.000000241. The summed E-state index contributed by atoms with van der Waals surface area (Å²) in [5, 5.41) is 141. The number of hydrogen-bond donors (Lipinski definition) is 22. The quantitative estimate of drug-likeness (QED) is 0.00853. The second kappa shape index (κ2) is 57.2. The number of H-pyrrole nitrogens is 4. The first-order valence-corrected chi connectivity index (χ1v) is 69.2. The third-order valence-electron chi connectivity index (χ3n) is 25.8. The number of aromatic nitrogens is 9. The third kappa shape index (κ3) is 38.3. The minimum atomic E-state index is -1.30. The van der Waals surface area contributed by atoms with Gasteiger partial charge in [-0.1, -0.05) is 52.1 Å². The number of hydrogen-bond acceptors (Lipinski definition) is 34. The van der Waals surface area contributed by atoms with Crippen molar-refractivity contribution < 1.29 is 113 Å². The van der Waals surface area contributed by atoms with Crippen LogP contribution in [-0.2, 0) is 75.0 Å². The molecule has 0 radical (unpaired) electrons. The lowest BCUT2D eigenvalue weighted by atomic mass is 9.90. The molecule has 0 bridgehead atoms. The van der Waals surface area contributed by atoms with E-state index < -0.39 is 252 Å². The van der Waals surface area contributed by atoms with Crippen LogP contribution >= 0.6 is 65.8 Å². The fourth-order valence-electron chi connectivity index (χ4n) is 17.2. The molecule has 0 spiro atoms. The number of rotatable bonds is 40. The minimum Gasteiger partial charge on any atom is -0.388 e. The summed E-state index contributed by atoms with van der Waals surface area (Å²) in [5.41, 5.74) is -1.30. The Kier molecular flexibility index (Phi) is 49.9. The smallest absolute Gasteiger partial charge is 0.388 e. The molecule has 148 heavy (non-hydrogen) atoms. The molecule has 43 nitrogen and oxygen atoms in total. The van der Waals surface area contributed by atoms with Gasteiger partial charge in [0.2, 0.25) is 24.4 Å². The number of aryl methyl sites for hydroxylation is 2. The van der Waals surface area contributed by atoms with Gasteiger partial charge >= 0.3 is 22.8 Å². The molecule has 0 aromatic carbocycles. The SMILES string of the molecule is C=P(C)(C)CC[C@H]1O[C@@H](C2C=C(CNCCC)C(=O)NC2=O)[C@H](O)[C@@H]1O.C=P(C)(C)CC[C@H]1O[C@@H](C2C=C(CNCCC)C(=O)NC2=O)[C@H](O)[C@@H]1O.C=P(C)(C)CC[C@H]1O[C@@H](c2cn(C)c(=O)[nH]c2=S)[C@H](O)[C@@H]1O.C=P(C)(C)CC[C@H]1O[C@@H](c2cn(C)c(=S)[nH]c2=O)[C@H](O)[C@@H]1O.C=P(C)(C)CC[C@H]1O[C@@H](c2cn(CNCCC)c(=O)[nH]c2=O)[C@H](O)[C@@H]1O.C=P(C)(C)CC[C@H]1O[C@@H](n2c[n+](CNCCC)c(=O)[nH]c2=O)[C@H](O)[C@@H]1O. The molecule has 4 aromatic heterocycles. The van der Waals surface area contributed by atoms with Crippen molar-refractivity contribution in [3.8, 4) is 0 Å². The van der Waals surface area contributed by atoms with E-state index in [2.05, 4.69) is 170 Å². The molecule has 840 valence electrons. The normalized spacial score (nSPS) is 29.3. The molecule has 6 saturated heterocycles. The first-order valence-electron chi connectivity index (χ1n) is 50.0. The van der Waals surface area contributed by atoms with Gasteiger partial charge in [0.05, 0.1) is 66.3 Å². The zero-order chi connectivity index (χ0) is 111. The van der Waals surface area contributed by atoms with Gasteiger partial charge in [0, 0.05) is 62.5 Å². The van der Waals surface area contributed by atoms with Gasteiger partial charge in [0.25, 0.3) is 22.9 Å². The van der Waals surface area contributed by atoms with Crippen molar-refractivity contribution in [1.82, 2.24) is 70.1 Å². The monoisotopic (exact) mass is 2240 g/mol.